The number of fused-ring (bicyclic) bond motifs is 2. The van der Waals surface area contributed by atoms with E-state index in [1.54, 1.807) is 11.3 Å². The van der Waals surface area contributed by atoms with Gasteiger partial charge in [0, 0.05) is 54.0 Å². The molecule has 2 aromatic heterocycles. The van der Waals surface area contributed by atoms with Crippen LogP contribution in [0.15, 0.2) is 30.3 Å². The second kappa shape index (κ2) is 9.42. The molecule has 2 aromatic carbocycles. The molecule has 194 valence electrons. The van der Waals surface area contributed by atoms with Gasteiger partial charge in [-0.3, -0.25) is 4.68 Å². The molecule has 3 heterocycles. The highest BCUT2D eigenvalue weighted by Crippen LogP contribution is 2.44. The molecular formula is C28H31ClN4O3S. The van der Waals surface area contributed by atoms with E-state index in [4.69, 9.17) is 21.3 Å². The van der Waals surface area contributed by atoms with Gasteiger partial charge in [0.1, 0.15) is 0 Å². The molecule has 1 aliphatic rings. The number of aromatic nitrogens is 3. The third kappa shape index (κ3) is 4.85. The van der Waals surface area contributed by atoms with Crippen LogP contribution in [0.5, 0.6) is 0 Å². The van der Waals surface area contributed by atoms with Gasteiger partial charge in [0.15, 0.2) is 11.2 Å². The molecule has 0 saturated heterocycles. The van der Waals surface area contributed by atoms with Crippen molar-refractivity contribution in [2.75, 3.05) is 11.4 Å². The summed E-state index contributed by atoms with van der Waals surface area (Å²) < 4.78 is 9.00. The second-order valence-electron chi connectivity index (χ2n) is 10.6. The predicted molar refractivity (Wildman–Crippen MR) is 149 cm³/mol. The normalized spacial score (nSPS) is 14.7. The molecule has 1 aliphatic heterocycles. The van der Waals surface area contributed by atoms with Crippen LogP contribution in [0, 0.1) is 13.8 Å². The van der Waals surface area contributed by atoms with E-state index in [2.05, 4.69) is 16.9 Å². The maximum absolute atomic E-state index is 12.5. The number of carboxylic acid groups (broad SMARTS) is 1. The molecule has 0 aliphatic carbocycles. The van der Waals surface area contributed by atoms with Crippen molar-refractivity contribution in [2.24, 2.45) is 7.05 Å². The molecule has 0 saturated carbocycles. The Morgan fingerprint density at radius 1 is 1.22 bits per heavy atom. The Labute approximate surface area is 225 Å². The minimum atomic E-state index is -1.13. The number of aryl methyl sites for hydroxylation is 2. The maximum Gasteiger partial charge on any atom is 0.337 e. The number of thiazole rings is 1. The number of aliphatic carboxylic acids is 1. The lowest BCUT2D eigenvalue weighted by Crippen LogP contribution is -2.30. The number of nitrogens with zero attached hydrogens (tertiary/aromatic N) is 4. The van der Waals surface area contributed by atoms with Crippen molar-refractivity contribution >= 4 is 44.3 Å². The Bertz CT molecular complexity index is 1500. The molecule has 1 unspecified atom stereocenters. The highest BCUT2D eigenvalue weighted by atomic mass is 35.5. The molecule has 0 radical (unpaired) electrons. The molecule has 7 nitrogen and oxygen atoms in total. The van der Waals surface area contributed by atoms with Crippen molar-refractivity contribution in [3.05, 3.63) is 63.4 Å². The first kappa shape index (κ1) is 25.7. The number of benzene rings is 2. The summed E-state index contributed by atoms with van der Waals surface area (Å²) in [6, 6.07) is 9.50. The van der Waals surface area contributed by atoms with Crippen molar-refractivity contribution in [3.8, 4) is 11.1 Å². The van der Waals surface area contributed by atoms with E-state index in [1.165, 1.54) is 11.3 Å². The first-order chi connectivity index (χ1) is 17.4. The smallest absolute Gasteiger partial charge is 0.337 e. The lowest BCUT2D eigenvalue weighted by atomic mass is 9.91. The zero-order valence-corrected chi connectivity index (χ0v) is 23.5. The van der Waals surface area contributed by atoms with Gasteiger partial charge in [-0.1, -0.05) is 35.1 Å². The van der Waals surface area contributed by atoms with Crippen molar-refractivity contribution in [2.45, 2.75) is 59.3 Å². The third-order valence-electron chi connectivity index (χ3n) is 6.79. The summed E-state index contributed by atoms with van der Waals surface area (Å²) in [6.45, 7) is 11.2. The lowest BCUT2D eigenvalue weighted by molar-refractivity contribution is -0.160. The standard InChI is InChI=1S/C28H31ClN4O3S/c1-15-13-21-25(37-27(30-21)33-12-11-20-19(14-33)16(2)32(6)31-20)23(17-7-9-18(29)10-8-17)22(15)24(26(34)35)36-28(3,4)5/h7-10,13,24H,11-12,14H2,1-6H3,(H,34,35). The zero-order chi connectivity index (χ0) is 26.6. The van der Waals surface area contributed by atoms with Crippen molar-refractivity contribution in [1.82, 2.24) is 14.8 Å². The molecule has 0 amide bonds. The average molecular weight is 539 g/mol. The van der Waals surface area contributed by atoms with Crippen LogP contribution < -0.4 is 4.90 Å². The predicted octanol–water partition coefficient (Wildman–Crippen LogP) is 6.47. The van der Waals surface area contributed by atoms with Gasteiger partial charge in [0.25, 0.3) is 0 Å². The van der Waals surface area contributed by atoms with Crippen LogP contribution in [0.4, 0.5) is 5.13 Å². The van der Waals surface area contributed by atoms with E-state index in [1.807, 2.05) is 69.8 Å². The van der Waals surface area contributed by atoms with Gasteiger partial charge in [-0.2, -0.15) is 5.10 Å². The summed E-state index contributed by atoms with van der Waals surface area (Å²) in [5.74, 6) is -1.02. The van der Waals surface area contributed by atoms with E-state index < -0.39 is 17.7 Å². The van der Waals surface area contributed by atoms with Gasteiger partial charge < -0.3 is 14.7 Å². The zero-order valence-electron chi connectivity index (χ0n) is 21.9. The fraction of sp³-hybridized carbons (Fsp3) is 0.393. The molecule has 9 heteroatoms. The molecule has 0 spiro atoms. The van der Waals surface area contributed by atoms with Crippen LogP contribution in [-0.2, 0) is 29.5 Å². The van der Waals surface area contributed by atoms with Crippen LogP contribution >= 0.6 is 22.9 Å². The lowest BCUT2D eigenvalue weighted by Gasteiger charge is -2.28. The Morgan fingerprint density at radius 3 is 2.57 bits per heavy atom. The SMILES string of the molecule is Cc1cc2nc(N3CCc4nn(C)c(C)c4C3)sc2c(-c2ccc(Cl)cc2)c1C(OC(C)(C)C)C(=O)O. The summed E-state index contributed by atoms with van der Waals surface area (Å²) in [7, 11) is 1.98. The minimum Gasteiger partial charge on any atom is -0.479 e. The van der Waals surface area contributed by atoms with Gasteiger partial charge >= 0.3 is 5.97 Å². The summed E-state index contributed by atoms with van der Waals surface area (Å²) in [6.07, 6.45) is -0.266. The van der Waals surface area contributed by atoms with E-state index in [0.29, 0.717) is 10.6 Å². The minimum absolute atomic E-state index is 0.621. The van der Waals surface area contributed by atoms with Gasteiger partial charge in [-0.15, -0.1) is 0 Å². The van der Waals surface area contributed by atoms with Crippen molar-refractivity contribution in [1.29, 1.82) is 0 Å². The van der Waals surface area contributed by atoms with Crippen LogP contribution in [0.1, 0.15) is 55.0 Å². The number of hydrogen-bond acceptors (Lipinski definition) is 6. The Hall–Kier alpha value is -2.94. The van der Waals surface area contributed by atoms with Gasteiger partial charge in [-0.05, 0) is 63.9 Å². The first-order valence-electron chi connectivity index (χ1n) is 12.3. The van der Waals surface area contributed by atoms with Crippen molar-refractivity contribution in [3.63, 3.8) is 0 Å². The molecule has 1 N–H and O–H groups in total. The molecule has 0 bridgehead atoms. The van der Waals surface area contributed by atoms with Crippen LogP contribution in [0.25, 0.3) is 21.3 Å². The number of carboxylic acids is 1. The highest BCUT2D eigenvalue weighted by Gasteiger charge is 2.33. The van der Waals surface area contributed by atoms with Crippen molar-refractivity contribution < 1.29 is 14.6 Å². The van der Waals surface area contributed by atoms with Crippen LogP contribution in [-0.4, -0.2) is 38.0 Å². The average Bonchev–Trinajstić information content (AvgIpc) is 3.37. The van der Waals surface area contributed by atoms with E-state index in [0.717, 1.165) is 57.2 Å². The topological polar surface area (TPSA) is 80.5 Å². The first-order valence-corrected chi connectivity index (χ1v) is 13.5. The Balaban J connectivity index is 1.69. The molecule has 37 heavy (non-hydrogen) atoms. The maximum atomic E-state index is 12.5. The highest BCUT2D eigenvalue weighted by molar-refractivity contribution is 7.22. The summed E-state index contributed by atoms with van der Waals surface area (Å²) in [5.41, 5.74) is 6.98. The molecule has 0 fully saturated rings. The number of rotatable bonds is 5. The monoisotopic (exact) mass is 538 g/mol. The number of carbonyl (C=O) groups is 1. The number of anilines is 1. The third-order valence-corrected chi connectivity index (χ3v) is 8.19. The van der Waals surface area contributed by atoms with Crippen LogP contribution in [0.2, 0.25) is 5.02 Å². The molecule has 5 rings (SSSR count). The number of hydrogen-bond donors (Lipinski definition) is 1. The Kier molecular flexibility index (Phi) is 6.54. The van der Waals surface area contributed by atoms with Gasteiger partial charge in [0.05, 0.1) is 21.5 Å². The second-order valence-corrected chi connectivity index (χ2v) is 12.0. The Morgan fingerprint density at radius 2 is 1.92 bits per heavy atom. The number of ether oxygens (including phenoxy) is 1. The fourth-order valence-corrected chi connectivity index (χ4v) is 6.24. The summed E-state index contributed by atoms with van der Waals surface area (Å²) in [4.78, 5) is 19.9. The molecule has 1 atom stereocenters. The summed E-state index contributed by atoms with van der Waals surface area (Å²) in [5, 5.41) is 16.5. The van der Waals surface area contributed by atoms with Gasteiger partial charge in [-0.25, -0.2) is 9.78 Å². The fourth-order valence-electron chi connectivity index (χ4n) is 4.96. The molecule has 4 aromatic rings. The van der Waals surface area contributed by atoms with E-state index in [-0.39, 0.29) is 0 Å². The van der Waals surface area contributed by atoms with Gasteiger partial charge in [0.2, 0.25) is 0 Å². The summed E-state index contributed by atoms with van der Waals surface area (Å²) >= 11 is 7.80. The molecular weight excluding hydrogens is 508 g/mol. The van der Waals surface area contributed by atoms with E-state index in [9.17, 15) is 9.90 Å². The van der Waals surface area contributed by atoms with E-state index >= 15 is 0 Å². The largest absolute Gasteiger partial charge is 0.479 e. The van der Waals surface area contributed by atoms with Crippen LogP contribution in [0.3, 0.4) is 0 Å². The quantitative estimate of drug-likeness (QED) is 0.313. The number of halogens is 1.